The number of Topliss-reactive ketones (excluding diaryl/α,β-unsaturated/α-hetero) is 1. The van der Waals surface area contributed by atoms with E-state index in [2.05, 4.69) is 5.10 Å². The van der Waals surface area contributed by atoms with E-state index in [1.807, 2.05) is 13.8 Å². The largest absolute Gasteiger partial charge is 0.291 e. The minimum atomic E-state index is -0.325. The van der Waals surface area contributed by atoms with Crippen LogP contribution in [-0.4, -0.2) is 21.3 Å². The van der Waals surface area contributed by atoms with Crippen LogP contribution >= 0.6 is 23.4 Å². The zero-order chi connectivity index (χ0) is 14.7. The zero-order valence-corrected chi connectivity index (χ0v) is 12.7. The maximum Gasteiger partial charge on any atom is 0.192 e. The second kappa shape index (κ2) is 6.41. The Kier molecular flexibility index (Phi) is 4.83. The van der Waals surface area contributed by atoms with Gasteiger partial charge in [0.25, 0.3) is 0 Å². The highest BCUT2D eigenvalue weighted by atomic mass is 35.5. The number of hydrogen-bond donors (Lipinski definition) is 0. The number of halogens is 2. The first-order valence-electron chi connectivity index (χ1n) is 6.14. The van der Waals surface area contributed by atoms with Crippen LogP contribution < -0.4 is 0 Å². The van der Waals surface area contributed by atoms with E-state index in [9.17, 15) is 9.18 Å². The number of carbonyl (C=O) groups excluding carboxylic acids is 1. The summed E-state index contributed by atoms with van der Waals surface area (Å²) in [5, 5.41) is 4.42. The molecular weight excluding hydrogens is 299 g/mol. The van der Waals surface area contributed by atoms with Crippen molar-refractivity contribution in [3.8, 4) is 0 Å². The molecule has 20 heavy (non-hydrogen) atoms. The fourth-order valence-electron chi connectivity index (χ4n) is 1.77. The van der Waals surface area contributed by atoms with Crippen molar-refractivity contribution >= 4 is 29.1 Å². The molecule has 1 heterocycles. The summed E-state index contributed by atoms with van der Waals surface area (Å²) in [4.78, 5) is 12.7. The van der Waals surface area contributed by atoms with Gasteiger partial charge in [0.05, 0.1) is 17.0 Å². The molecule has 0 radical (unpaired) electrons. The average Bonchev–Trinajstić information content (AvgIpc) is 2.79. The summed E-state index contributed by atoms with van der Waals surface area (Å²) in [6, 6.07) is 6.42. The monoisotopic (exact) mass is 312 g/mol. The highest BCUT2D eigenvalue weighted by Crippen LogP contribution is 2.25. The Hall–Kier alpha value is -1.33. The van der Waals surface area contributed by atoms with Crippen molar-refractivity contribution < 1.29 is 9.18 Å². The molecule has 0 aliphatic carbocycles. The zero-order valence-electron chi connectivity index (χ0n) is 11.1. The predicted molar refractivity (Wildman–Crippen MR) is 79.1 cm³/mol. The first-order chi connectivity index (χ1) is 9.50. The van der Waals surface area contributed by atoms with Gasteiger partial charge >= 0.3 is 0 Å². The number of aromatic nitrogens is 2. The third-order valence-electron chi connectivity index (χ3n) is 2.70. The summed E-state index contributed by atoms with van der Waals surface area (Å²) in [5.41, 5.74) is 0.380. The van der Waals surface area contributed by atoms with Crippen LogP contribution in [0.5, 0.6) is 0 Å². The summed E-state index contributed by atoms with van der Waals surface area (Å²) in [7, 11) is 0. The molecule has 2 aromatic rings. The molecule has 1 aromatic heterocycles. The Morgan fingerprint density at radius 2 is 2.15 bits per heavy atom. The second-order valence-corrected chi connectivity index (χ2v) is 5.95. The molecule has 2 rings (SSSR count). The SMILES string of the molecule is CC(C)n1ncc(Cl)c1C(=O)CSc1ccccc1F. The summed E-state index contributed by atoms with van der Waals surface area (Å²) >= 11 is 7.17. The van der Waals surface area contributed by atoms with Crippen molar-refractivity contribution in [2.75, 3.05) is 5.75 Å². The van der Waals surface area contributed by atoms with Crippen molar-refractivity contribution in [3.05, 3.63) is 47.0 Å². The molecule has 0 aliphatic rings. The van der Waals surface area contributed by atoms with Crippen LogP contribution in [0.1, 0.15) is 30.4 Å². The Balaban J connectivity index is 2.13. The van der Waals surface area contributed by atoms with Gasteiger partial charge in [-0.05, 0) is 26.0 Å². The predicted octanol–water partition coefficient (Wildman–Crippen LogP) is 4.23. The van der Waals surface area contributed by atoms with E-state index >= 15 is 0 Å². The second-order valence-electron chi connectivity index (χ2n) is 4.52. The molecule has 0 N–H and O–H groups in total. The van der Waals surface area contributed by atoms with Crippen molar-refractivity contribution in [3.63, 3.8) is 0 Å². The van der Waals surface area contributed by atoms with Crippen LogP contribution in [0.2, 0.25) is 5.02 Å². The average molecular weight is 313 g/mol. The highest BCUT2D eigenvalue weighted by Gasteiger charge is 2.19. The third kappa shape index (κ3) is 3.22. The van der Waals surface area contributed by atoms with Crippen molar-refractivity contribution in [2.24, 2.45) is 0 Å². The van der Waals surface area contributed by atoms with E-state index < -0.39 is 0 Å². The first-order valence-corrected chi connectivity index (χ1v) is 7.50. The fourth-order valence-corrected chi connectivity index (χ4v) is 2.81. The van der Waals surface area contributed by atoms with Crippen LogP contribution in [0.15, 0.2) is 35.4 Å². The van der Waals surface area contributed by atoms with E-state index in [0.717, 1.165) is 11.8 Å². The number of thioether (sulfide) groups is 1. The van der Waals surface area contributed by atoms with E-state index in [0.29, 0.717) is 15.6 Å². The summed E-state index contributed by atoms with van der Waals surface area (Å²) < 4.78 is 15.1. The van der Waals surface area contributed by atoms with E-state index in [4.69, 9.17) is 11.6 Å². The smallest absolute Gasteiger partial charge is 0.192 e. The molecule has 1 aromatic carbocycles. The molecule has 0 bridgehead atoms. The van der Waals surface area contributed by atoms with Gasteiger partial charge in [-0.1, -0.05) is 23.7 Å². The number of ketones is 1. The van der Waals surface area contributed by atoms with Crippen LogP contribution in [0, 0.1) is 5.82 Å². The molecule has 0 saturated carbocycles. The molecule has 0 saturated heterocycles. The lowest BCUT2D eigenvalue weighted by Crippen LogP contribution is -2.14. The van der Waals surface area contributed by atoms with Gasteiger partial charge in [-0.3, -0.25) is 9.48 Å². The van der Waals surface area contributed by atoms with Crippen LogP contribution in [0.3, 0.4) is 0 Å². The van der Waals surface area contributed by atoms with E-state index in [1.54, 1.807) is 22.9 Å². The number of benzene rings is 1. The van der Waals surface area contributed by atoms with Crippen LogP contribution in [-0.2, 0) is 0 Å². The fraction of sp³-hybridized carbons (Fsp3) is 0.286. The molecule has 3 nitrogen and oxygen atoms in total. The van der Waals surface area contributed by atoms with Gasteiger partial charge < -0.3 is 0 Å². The molecule has 0 aliphatic heterocycles. The molecule has 0 spiro atoms. The Morgan fingerprint density at radius 3 is 2.80 bits per heavy atom. The first kappa shape index (κ1) is 15.1. The van der Waals surface area contributed by atoms with E-state index in [1.165, 1.54) is 12.3 Å². The van der Waals surface area contributed by atoms with Gasteiger partial charge in [0.1, 0.15) is 11.5 Å². The summed E-state index contributed by atoms with van der Waals surface area (Å²) in [6.07, 6.45) is 1.46. The molecule has 0 atom stereocenters. The van der Waals surface area contributed by atoms with Gasteiger partial charge in [-0.15, -0.1) is 11.8 Å². The Morgan fingerprint density at radius 1 is 1.45 bits per heavy atom. The molecule has 6 heteroatoms. The number of hydrogen-bond acceptors (Lipinski definition) is 3. The van der Waals surface area contributed by atoms with E-state index in [-0.39, 0.29) is 23.4 Å². The highest BCUT2D eigenvalue weighted by molar-refractivity contribution is 8.00. The lowest BCUT2D eigenvalue weighted by atomic mass is 10.3. The minimum Gasteiger partial charge on any atom is -0.291 e. The van der Waals surface area contributed by atoms with Gasteiger partial charge in [0.15, 0.2) is 5.78 Å². The van der Waals surface area contributed by atoms with Crippen LogP contribution in [0.25, 0.3) is 0 Å². The third-order valence-corrected chi connectivity index (χ3v) is 4.02. The standard InChI is InChI=1S/C14H14ClFN2OS/c1-9(2)18-14(10(15)7-17-18)12(19)8-20-13-6-4-3-5-11(13)16/h3-7,9H,8H2,1-2H3. The van der Waals surface area contributed by atoms with Gasteiger partial charge in [0.2, 0.25) is 0 Å². The van der Waals surface area contributed by atoms with Gasteiger partial charge in [0, 0.05) is 10.9 Å². The maximum atomic E-state index is 13.5. The number of nitrogens with zero attached hydrogens (tertiary/aromatic N) is 2. The van der Waals surface area contributed by atoms with Crippen molar-refractivity contribution in [2.45, 2.75) is 24.8 Å². The Labute approximate surface area is 126 Å². The lowest BCUT2D eigenvalue weighted by molar-refractivity contribution is 0.101. The Bertz CT molecular complexity index is 627. The topological polar surface area (TPSA) is 34.9 Å². The van der Waals surface area contributed by atoms with Crippen molar-refractivity contribution in [1.82, 2.24) is 9.78 Å². The summed E-state index contributed by atoms with van der Waals surface area (Å²) in [6.45, 7) is 3.84. The normalized spacial score (nSPS) is 11.1. The molecule has 0 unspecified atom stereocenters. The lowest BCUT2D eigenvalue weighted by Gasteiger charge is -2.10. The molecule has 106 valence electrons. The van der Waals surface area contributed by atoms with Crippen LogP contribution in [0.4, 0.5) is 4.39 Å². The number of carbonyl (C=O) groups is 1. The minimum absolute atomic E-state index is 0.0416. The maximum absolute atomic E-state index is 13.5. The quantitative estimate of drug-likeness (QED) is 0.612. The summed E-state index contributed by atoms with van der Waals surface area (Å²) in [5.74, 6) is -0.359. The van der Waals surface area contributed by atoms with Gasteiger partial charge in [-0.25, -0.2) is 4.39 Å². The molecule has 0 amide bonds. The molecular formula is C14H14ClFN2OS. The molecule has 0 fully saturated rings. The van der Waals surface area contributed by atoms with Crippen molar-refractivity contribution in [1.29, 1.82) is 0 Å². The number of rotatable bonds is 5. The van der Waals surface area contributed by atoms with Gasteiger partial charge in [-0.2, -0.15) is 5.10 Å².